The van der Waals surface area contributed by atoms with Gasteiger partial charge in [-0.2, -0.15) is 0 Å². The highest BCUT2D eigenvalue weighted by Gasteiger charge is 2.14. The van der Waals surface area contributed by atoms with Crippen LogP contribution < -0.4 is 15.8 Å². The molecule has 2 atom stereocenters. The van der Waals surface area contributed by atoms with Gasteiger partial charge in [0.25, 0.3) is 5.91 Å². The second kappa shape index (κ2) is 11.3. The zero-order valence-corrected chi connectivity index (χ0v) is 21.4. The molecule has 1 unspecified atom stereocenters. The SMILES string of the molecule is CC1\C=C(N[C@@H](C)c2cccc(NC(=O)c3cccnc3)c2)/N=C(c2ccc(S(N)(=O)=O)cc2)/C=C/C1. The Kier molecular flexibility index (Phi) is 7.95. The molecule has 0 bridgehead atoms. The lowest BCUT2D eigenvalue weighted by molar-refractivity contribution is 0.102. The minimum atomic E-state index is -3.77. The largest absolute Gasteiger partial charge is 0.364 e. The molecule has 37 heavy (non-hydrogen) atoms. The van der Waals surface area contributed by atoms with E-state index in [1.807, 2.05) is 37.3 Å². The molecule has 8 nitrogen and oxygen atoms in total. The van der Waals surface area contributed by atoms with Gasteiger partial charge in [-0.3, -0.25) is 9.78 Å². The molecule has 1 aliphatic rings. The molecule has 3 aromatic rings. The number of allylic oxidation sites excluding steroid dienone is 3. The number of aromatic nitrogens is 1. The zero-order chi connectivity index (χ0) is 26.4. The average molecular weight is 516 g/mol. The Balaban J connectivity index is 1.54. The van der Waals surface area contributed by atoms with E-state index in [1.165, 1.54) is 18.3 Å². The summed E-state index contributed by atoms with van der Waals surface area (Å²) < 4.78 is 23.2. The molecule has 0 saturated carbocycles. The molecule has 0 spiro atoms. The molecule has 0 fully saturated rings. The summed E-state index contributed by atoms with van der Waals surface area (Å²) in [7, 11) is -3.77. The summed E-state index contributed by atoms with van der Waals surface area (Å²) in [6, 6.07) is 17.3. The first kappa shape index (κ1) is 26.0. The summed E-state index contributed by atoms with van der Waals surface area (Å²) in [6.45, 7) is 4.14. The topological polar surface area (TPSA) is 127 Å². The number of anilines is 1. The van der Waals surface area contributed by atoms with Crippen LogP contribution in [0.25, 0.3) is 0 Å². The Morgan fingerprint density at radius 1 is 1.11 bits per heavy atom. The van der Waals surface area contributed by atoms with Crippen molar-refractivity contribution in [2.45, 2.75) is 31.2 Å². The fourth-order valence-electron chi connectivity index (χ4n) is 3.88. The highest BCUT2D eigenvalue weighted by molar-refractivity contribution is 7.89. The molecule has 0 aliphatic carbocycles. The third-order valence-corrected chi connectivity index (χ3v) is 6.81. The van der Waals surface area contributed by atoms with Crippen molar-refractivity contribution in [3.63, 3.8) is 0 Å². The first-order chi connectivity index (χ1) is 17.7. The zero-order valence-electron chi connectivity index (χ0n) is 20.6. The number of hydrogen-bond acceptors (Lipinski definition) is 6. The highest BCUT2D eigenvalue weighted by atomic mass is 32.2. The molecule has 0 saturated heterocycles. The monoisotopic (exact) mass is 515 g/mol. The normalized spacial score (nSPS) is 20.2. The summed E-state index contributed by atoms with van der Waals surface area (Å²) in [5, 5.41) is 11.6. The molecule has 2 aromatic carbocycles. The number of aliphatic imine (C=N–C) groups is 1. The van der Waals surface area contributed by atoms with E-state index in [9.17, 15) is 13.2 Å². The van der Waals surface area contributed by atoms with Gasteiger partial charge in [0.1, 0.15) is 5.82 Å². The number of primary sulfonamides is 1. The average Bonchev–Trinajstić information content (AvgIpc) is 2.87. The van der Waals surface area contributed by atoms with Crippen LogP contribution in [-0.4, -0.2) is 25.0 Å². The third-order valence-electron chi connectivity index (χ3n) is 5.88. The van der Waals surface area contributed by atoms with Crippen molar-refractivity contribution in [1.82, 2.24) is 10.3 Å². The molecule has 1 aliphatic heterocycles. The lowest BCUT2D eigenvalue weighted by atomic mass is 10.0. The van der Waals surface area contributed by atoms with E-state index in [0.29, 0.717) is 22.8 Å². The molecule has 2 heterocycles. The van der Waals surface area contributed by atoms with Gasteiger partial charge < -0.3 is 10.6 Å². The van der Waals surface area contributed by atoms with Crippen LogP contribution in [0.1, 0.15) is 47.8 Å². The van der Waals surface area contributed by atoms with Gasteiger partial charge >= 0.3 is 0 Å². The fraction of sp³-hybridized carbons (Fsp3) is 0.179. The minimum absolute atomic E-state index is 0.0540. The number of carbonyl (C=O) groups is 1. The predicted octanol–water partition coefficient (Wildman–Crippen LogP) is 4.56. The predicted molar refractivity (Wildman–Crippen MR) is 146 cm³/mol. The van der Waals surface area contributed by atoms with Crippen molar-refractivity contribution in [3.05, 3.63) is 114 Å². The number of amides is 1. The Morgan fingerprint density at radius 2 is 1.89 bits per heavy atom. The lowest BCUT2D eigenvalue weighted by Gasteiger charge is -2.20. The maximum atomic E-state index is 12.5. The molecule has 1 amide bonds. The Labute approximate surface area is 217 Å². The van der Waals surface area contributed by atoms with Crippen molar-refractivity contribution < 1.29 is 13.2 Å². The summed E-state index contributed by atoms with van der Waals surface area (Å²) >= 11 is 0. The number of nitrogens with one attached hydrogen (secondary N) is 2. The van der Waals surface area contributed by atoms with Gasteiger partial charge in [-0.15, -0.1) is 0 Å². The first-order valence-corrected chi connectivity index (χ1v) is 13.4. The van der Waals surface area contributed by atoms with Gasteiger partial charge in [-0.25, -0.2) is 18.5 Å². The van der Waals surface area contributed by atoms with E-state index in [1.54, 1.807) is 30.5 Å². The fourth-order valence-corrected chi connectivity index (χ4v) is 4.40. The van der Waals surface area contributed by atoms with Crippen molar-refractivity contribution in [3.8, 4) is 0 Å². The Hall–Kier alpha value is -4.08. The van der Waals surface area contributed by atoms with Gasteiger partial charge in [-0.05, 0) is 73.4 Å². The summed E-state index contributed by atoms with van der Waals surface area (Å²) in [4.78, 5) is 21.4. The first-order valence-electron chi connectivity index (χ1n) is 11.9. The van der Waals surface area contributed by atoms with E-state index in [4.69, 9.17) is 10.1 Å². The van der Waals surface area contributed by atoms with E-state index in [0.717, 1.165) is 17.5 Å². The van der Waals surface area contributed by atoms with E-state index >= 15 is 0 Å². The molecule has 190 valence electrons. The van der Waals surface area contributed by atoms with E-state index in [2.05, 4.69) is 34.7 Å². The summed E-state index contributed by atoms with van der Waals surface area (Å²) in [5.41, 5.74) is 3.63. The van der Waals surface area contributed by atoms with Gasteiger partial charge in [0, 0.05) is 23.6 Å². The molecule has 4 rings (SSSR count). The second-order valence-corrected chi connectivity index (χ2v) is 10.5. The Bertz CT molecular complexity index is 1460. The quantitative estimate of drug-likeness (QED) is 0.425. The van der Waals surface area contributed by atoms with Crippen LogP contribution in [0.5, 0.6) is 0 Å². The van der Waals surface area contributed by atoms with Crippen LogP contribution in [0.4, 0.5) is 5.69 Å². The molecule has 1 aromatic heterocycles. The maximum Gasteiger partial charge on any atom is 0.257 e. The van der Waals surface area contributed by atoms with Gasteiger partial charge in [-0.1, -0.05) is 37.3 Å². The van der Waals surface area contributed by atoms with E-state index in [-0.39, 0.29) is 22.8 Å². The number of nitrogens with two attached hydrogens (primary N) is 1. The second-order valence-electron chi connectivity index (χ2n) is 8.92. The number of sulfonamides is 1. The van der Waals surface area contributed by atoms with Crippen molar-refractivity contribution in [1.29, 1.82) is 0 Å². The van der Waals surface area contributed by atoms with Crippen LogP contribution in [-0.2, 0) is 10.0 Å². The number of nitrogens with zero attached hydrogens (tertiary/aromatic N) is 2. The van der Waals surface area contributed by atoms with Crippen LogP contribution in [0.15, 0.2) is 107 Å². The van der Waals surface area contributed by atoms with Crippen LogP contribution in [0, 0.1) is 5.92 Å². The van der Waals surface area contributed by atoms with Crippen LogP contribution >= 0.6 is 0 Å². The Morgan fingerprint density at radius 3 is 2.59 bits per heavy atom. The molecular formula is C28H29N5O3S. The number of carbonyl (C=O) groups excluding carboxylic acids is 1. The molecule has 9 heteroatoms. The summed E-state index contributed by atoms with van der Waals surface area (Å²) in [5.74, 6) is 0.752. The minimum Gasteiger partial charge on any atom is -0.364 e. The van der Waals surface area contributed by atoms with E-state index < -0.39 is 10.0 Å². The molecule has 4 N–H and O–H groups in total. The number of pyridine rings is 1. The van der Waals surface area contributed by atoms with Crippen LogP contribution in [0.2, 0.25) is 0 Å². The smallest absolute Gasteiger partial charge is 0.257 e. The highest BCUT2D eigenvalue weighted by Crippen LogP contribution is 2.22. The van der Waals surface area contributed by atoms with Crippen LogP contribution in [0.3, 0.4) is 0 Å². The lowest BCUT2D eigenvalue weighted by Crippen LogP contribution is -2.20. The van der Waals surface area contributed by atoms with Crippen molar-refractivity contribution >= 4 is 27.3 Å². The third kappa shape index (κ3) is 6.99. The number of hydrogen-bond donors (Lipinski definition) is 3. The molecule has 0 radical (unpaired) electrons. The van der Waals surface area contributed by atoms with Crippen molar-refractivity contribution in [2.75, 3.05) is 5.32 Å². The summed E-state index contributed by atoms with van der Waals surface area (Å²) in [6.07, 6.45) is 10.1. The molecular weight excluding hydrogens is 486 g/mol. The van der Waals surface area contributed by atoms with Gasteiger partial charge in [0.05, 0.1) is 22.2 Å². The van der Waals surface area contributed by atoms with Gasteiger partial charge in [0.2, 0.25) is 10.0 Å². The van der Waals surface area contributed by atoms with Crippen molar-refractivity contribution in [2.24, 2.45) is 16.0 Å². The standard InChI is InChI=1S/C28H29N5O3S/c1-19-6-3-10-26(21-11-13-25(14-12-21)37(29,35)36)33-27(16-19)31-20(2)22-7-4-9-24(17-22)32-28(34)23-8-5-15-30-18-23/h3-5,7-20,31H,6H2,1-2H3,(H,32,34)(H2,29,35,36)/b10-3+,27-16-,33-26-/t19?,20-/m0/s1. The number of rotatable bonds is 7. The maximum absolute atomic E-state index is 12.5. The number of benzene rings is 2. The van der Waals surface area contributed by atoms with Gasteiger partial charge in [0.15, 0.2) is 0 Å².